The molecule has 0 aliphatic heterocycles. The summed E-state index contributed by atoms with van der Waals surface area (Å²) in [5.74, 6) is -1.46. The van der Waals surface area contributed by atoms with Crippen LogP contribution in [0.5, 0.6) is 0 Å². The second kappa shape index (κ2) is 23.9. The molecule has 3 atom stereocenters. The molecule has 0 heterocycles. The van der Waals surface area contributed by atoms with Crippen molar-refractivity contribution in [2.75, 3.05) is 28.6 Å². The lowest BCUT2D eigenvalue weighted by molar-refractivity contribution is -0.201. The standard InChI is InChI=1S/C48H64N3O9P/c1-10-40(41-23-26-44(51(29-33(2)3)30-34(4)5)43(27-41)50-48(54)49-42-24-21-36(8)22-25-42)28-45(52)58-47(35(6)7)59-46(53)37(9)60-61(55,56-31-38-17-13-11-14-18-38)57-32-39-19-15-12-16-20-39/h11-27,33-35,37,40,47H,10,28-32H2,1-9H3,(H2,49,50,54)/t37-,40?,47-/m0/s1. The number of phosphoric acid groups is 1. The number of aryl methyl sites for hydroxylation is 1. The lowest BCUT2D eigenvalue weighted by atomic mass is 9.92. The van der Waals surface area contributed by atoms with E-state index in [0.717, 1.165) is 41.0 Å². The van der Waals surface area contributed by atoms with Gasteiger partial charge in [0.2, 0.25) is 6.29 Å². The molecule has 4 aromatic rings. The van der Waals surface area contributed by atoms with Gasteiger partial charge in [0.25, 0.3) is 0 Å². The van der Waals surface area contributed by atoms with Gasteiger partial charge in [-0.25, -0.2) is 14.2 Å². The first kappa shape index (κ1) is 48.7. The van der Waals surface area contributed by atoms with Gasteiger partial charge in [-0.2, -0.15) is 0 Å². The molecule has 0 spiro atoms. The van der Waals surface area contributed by atoms with E-state index in [1.54, 1.807) is 38.1 Å². The minimum atomic E-state index is -4.31. The number of anilines is 3. The molecular weight excluding hydrogens is 794 g/mol. The van der Waals surface area contributed by atoms with E-state index in [4.69, 9.17) is 23.0 Å². The van der Waals surface area contributed by atoms with Gasteiger partial charge in [-0.05, 0) is 79.0 Å². The molecule has 0 radical (unpaired) electrons. The summed E-state index contributed by atoms with van der Waals surface area (Å²) in [5.41, 5.74) is 5.55. The maximum atomic E-state index is 13.9. The van der Waals surface area contributed by atoms with Gasteiger partial charge in [0.05, 0.1) is 31.0 Å². The lowest BCUT2D eigenvalue weighted by Gasteiger charge is -2.31. The first-order valence-electron chi connectivity index (χ1n) is 21.1. The largest absolute Gasteiger partial charge is 0.476 e. The minimum absolute atomic E-state index is 0.0186. The molecule has 0 aromatic heterocycles. The second-order valence-corrected chi connectivity index (χ2v) is 18.1. The van der Waals surface area contributed by atoms with Crippen molar-refractivity contribution >= 4 is 42.9 Å². The SMILES string of the molecule is CCC(CC(=O)O[C@@H](OC(=O)[C@H](C)OP(=O)(OCc1ccccc1)OCc1ccccc1)C(C)C)c1ccc(N(CC(C)C)CC(C)C)c(NC(=O)Nc2ccc(C)cc2)c1. The molecule has 0 bridgehead atoms. The number of hydrogen-bond acceptors (Lipinski definition) is 10. The Morgan fingerprint density at radius 3 is 1.77 bits per heavy atom. The summed E-state index contributed by atoms with van der Waals surface area (Å²) in [6, 6.07) is 31.3. The van der Waals surface area contributed by atoms with E-state index < -0.39 is 38.1 Å². The number of esters is 2. The number of phosphoric ester groups is 1. The van der Waals surface area contributed by atoms with Crippen molar-refractivity contribution in [1.82, 2.24) is 0 Å². The number of hydrogen-bond donors (Lipinski definition) is 2. The third kappa shape index (κ3) is 16.4. The van der Waals surface area contributed by atoms with Gasteiger partial charge < -0.3 is 25.0 Å². The summed E-state index contributed by atoms with van der Waals surface area (Å²) in [7, 11) is -4.31. The van der Waals surface area contributed by atoms with Gasteiger partial charge in [-0.3, -0.25) is 18.4 Å². The van der Waals surface area contributed by atoms with Crippen LogP contribution in [0.15, 0.2) is 103 Å². The molecule has 61 heavy (non-hydrogen) atoms. The average Bonchev–Trinajstić information content (AvgIpc) is 3.22. The number of rotatable bonds is 23. The fraction of sp³-hybridized carbons (Fsp3) is 0.438. The Hall–Kier alpha value is -5.00. The van der Waals surface area contributed by atoms with Crippen LogP contribution < -0.4 is 15.5 Å². The predicted molar refractivity (Wildman–Crippen MR) is 241 cm³/mol. The maximum absolute atomic E-state index is 13.9. The third-order valence-corrected chi connectivity index (χ3v) is 11.0. The van der Waals surface area contributed by atoms with Crippen LogP contribution in [0.3, 0.4) is 0 Å². The fourth-order valence-corrected chi connectivity index (χ4v) is 7.72. The molecule has 13 heteroatoms. The predicted octanol–water partition coefficient (Wildman–Crippen LogP) is 11.7. The van der Waals surface area contributed by atoms with E-state index in [9.17, 15) is 18.9 Å². The van der Waals surface area contributed by atoms with E-state index in [2.05, 4.69) is 43.2 Å². The van der Waals surface area contributed by atoms with E-state index >= 15 is 0 Å². The Morgan fingerprint density at radius 2 is 1.26 bits per heavy atom. The van der Waals surface area contributed by atoms with E-state index in [1.165, 1.54) is 6.92 Å². The van der Waals surface area contributed by atoms with Crippen LogP contribution in [0.1, 0.15) is 96.4 Å². The molecule has 0 aliphatic carbocycles. The maximum Gasteiger partial charge on any atom is 0.476 e. The van der Waals surface area contributed by atoms with Gasteiger partial charge in [0.15, 0.2) is 6.10 Å². The summed E-state index contributed by atoms with van der Waals surface area (Å²) in [5, 5.41) is 6.02. The van der Waals surface area contributed by atoms with Crippen molar-refractivity contribution in [2.24, 2.45) is 17.8 Å². The highest BCUT2D eigenvalue weighted by atomic mass is 31.2. The number of amides is 2. The smallest absolute Gasteiger partial charge is 0.425 e. The quantitative estimate of drug-likeness (QED) is 0.0420. The molecule has 2 N–H and O–H groups in total. The van der Waals surface area contributed by atoms with E-state index in [-0.39, 0.29) is 31.6 Å². The molecule has 4 aromatic carbocycles. The highest BCUT2D eigenvalue weighted by Crippen LogP contribution is 2.52. The molecule has 330 valence electrons. The molecule has 1 unspecified atom stereocenters. The normalized spacial score (nSPS) is 13.1. The van der Waals surface area contributed by atoms with Gasteiger partial charge in [-0.1, -0.05) is 133 Å². The van der Waals surface area contributed by atoms with Gasteiger partial charge >= 0.3 is 25.8 Å². The minimum Gasteiger partial charge on any atom is -0.425 e. The topological polar surface area (TPSA) is 142 Å². The van der Waals surface area contributed by atoms with Crippen LogP contribution in [0.25, 0.3) is 0 Å². The van der Waals surface area contributed by atoms with Crippen molar-refractivity contribution in [3.63, 3.8) is 0 Å². The Labute approximate surface area is 362 Å². The summed E-state index contributed by atoms with van der Waals surface area (Å²) >= 11 is 0. The molecular formula is C48H64N3O9P. The number of carbonyl (C=O) groups is 3. The van der Waals surface area contributed by atoms with Crippen LogP contribution in [0.4, 0.5) is 21.9 Å². The Kier molecular flexibility index (Phi) is 19.0. The molecule has 12 nitrogen and oxygen atoms in total. The molecule has 0 saturated heterocycles. The van der Waals surface area contributed by atoms with Crippen LogP contribution in [-0.4, -0.2) is 43.5 Å². The summed E-state index contributed by atoms with van der Waals surface area (Å²) in [6.45, 7) is 18.9. The summed E-state index contributed by atoms with van der Waals surface area (Å²) in [6.07, 6.45) is -2.10. The zero-order chi connectivity index (χ0) is 44.5. The Morgan fingerprint density at radius 1 is 0.705 bits per heavy atom. The van der Waals surface area contributed by atoms with E-state index in [0.29, 0.717) is 29.6 Å². The number of nitrogens with one attached hydrogen (secondary N) is 2. The lowest BCUT2D eigenvalue weighted by Crippen LogP contribution is -2.34. The highest BCUT2D eigenvalue weighted by Gasteiger charge is 2.35. The zero-order valence-corrected chi connectivity index (χ0v) is 38.0. The first-order chi connectivity index (χ1) is 29.0. The molecule has 0 aliphatic rings. The zero-order valence-electron chi connectivity index (χ0n) is 37.1. The van der Waals surface area contributed by atoms with Crippen molar-refractivity contribution in [2.45, 2.75) is 107 Å². The van der Waals surface area contributed by atoms with Gasteiger partial charge in [0.1, 0.15) is 0 Å². The fourth-order valence-electron chi connectivity index (χ4n) is 6.43. The van der Waals surface area contributed by atoms with Crippen molar-refractivity contribution in [1.29, 1.82) is 0 Å². The van der Waals surface area contributed by atoms with Crippen molar-refractivity contribution in [3.05, 3.63) is 125 Å². The van der Waals surface area contributed by atoms with Gasteiger partial charge in [0, 0.05) is 24.7 Å². The van der Waals surface area contributed by atoms with Crippen molar-refractivity contribution < 1.29 is 42.0 Å². The number of nitrogens with zero attached hydrogens (tertiary/aromatic N) is 1. The monoisotopic (exact) mass is 857 g/mol. The average molecular weight is 858 g/mol. The number of urea groups is 1. The molecule has 0 saturated carbocycles. The molecule has 0 fully saturated rings. The van der Waals surface area contributed by atoms with E-state index in [1.807, 2.05) is 92.7 Å². The molecule has 4 rings (SSSR count). The van der Waals surface area contributed by atoms with Crippen molar-refractivity contribution in [3.8, 4) is 0 Å². The van der Waals surface area contributed by atoms with Gasteiger partial charge in [-0.15, -0.1) is 0 Å². The first-order valence-corrected chi connectivity index (χ1v) is 22.6. The number of carbonyl (C=O) groups excluding carboxylic acids is 3. The highest BCUT2D eigenvalue weighted by molar-refractivity contribution is 7.48. The summed E-state index contributed by atoms with van der Waals surface area (Å²) < 4.78 is 42.4. The van der Waals surface area contributed by atoms with Crippen LogP contribution in [0.2, 0.25) is 0 Å². The van der Waals surface area contributed by atoms with Crippen LogP contribution in [-0.2, 0) is 50.4 Å². The third-order valence-electron chi connectivity index (χ3n) is 9.57. The number of ether oxygens (including phenoxy) is 2. The summed E-state index contributed by atoms with van der Waals surface area (Å²) in [4.78, 5) is 42.7. The van der Waals surface area contributed by atoms with Crippen LogP contribution in [0, 0.1) is 24.7 Å². The molecule has 2 amide bonds. The Balaban J connectivity index is 1.47. The Bertz CT molecular complexity index is 1970. The number of benzene rings is 4. The second-order valence-electron chi connectivity index (χ2n) is 16.5. The van der Waals surface area contributed by atoms with Crippen LogP contribution >= 0.6 is 7.82 Å².